The summed E-state index contributed by atoms with van der Waals surface area (Å²) in [7, 11) is 0. The van der Waals surface area contributed by atoms with Crippen molar-refractivity contribution in [3.8, 4) is 0 Å². The lowest BCUT2D eigenvalue weighted by atomic mass is 10.1. The van der Waals surface area contributed by atoms with Crippen LogP contribution in [0.4, 0.5) is 0 Å². The molecule has 0 bridgehead atoms. The van der Waals surface area contributed by atoms with Crippen LogP contribution in [0.2, 0.25) is 0 Å². The predicted octanol–water partition coefficient (Wildman–Crippen LogP) is 2.85. The Morgan fingerprint density at radius 3 is 2.40 bits per heavy atom. The molecule has 0 aliphatic heterocycles. The van der Waals surface area contributed by atoms with Crippen molar-refractivity contribution in [3.05, 3.63) is 12.2 Å². The molecule has 0 saturated heterocycles. The maximum Gasteiger partial charge on any atom is -0.0137 e. The van der Waals surface area contributed by atoms with Crippen LogP contribution < -0.4 is 0 Å². The third-order valence-corrected chi connectivity index (χ3v) is 3.11. The number of hydrogen-bond donors (Lipinski definition) is 0. The molecule has 0 spiro atoms. The van der Waals surface area contributed by atoms with E-state index in [2.05, 4.69) is 20.4 Å². The van der Waals surface area contributed by atoms with Crippen molar-refractivity contribution in [1.29, 1.82) is 0 Å². The van der Waals surface area contributed by atoms with Crippen molar-refractivity contribution in [2.24, 2.45) is 23.7 Å². The first-order chi connectivity index (χ1) is 4.70. The molecule has 0 aromatic heterocycles. The highest BCUT2D eigenvalue weighted by atomic mass is 14.5. The highest BCUT2D eigenvalue weighted by Crippen LogP contribution is 2.59. The van der Waals surface area contributed by atoms with E-state index in [1.165, 1.54) is 18.4 Å². The first-order valence-corrected chi connectivity index (χ1v) is 4.38. The first kappa shape index (κ1) is 6.45. The third-order valence-electron chi connectivity index (χ3n) is 3.11. The molecule has 0 nitrogen and oxygen atoms in total. The van der Waals surface area contributed by atoms with E-state index < -0.39 is 0 Å². The van der Waals surface area contributed by atoms with Gasteiger partial charge in [-0.25, -0.2) is 0 Å². The highest BCUT2D eigenvalue weighted by Gasteiger charge is 2.50. The second kappa shape index (κ2) is 1.87. The lowest BCUT2D eigenvalue weighted by molar-refractivity contribution is 0.500. The highest BCUT2D eigenvalue weighted by molar-refractivity contribution is 5.24. The summed E-state index contributed by atoms with van der Waals surface area (Å²) in [5, 5.41) is 0. The van der Waals surface area contributed by atoms with Gasteiger partial charge < -0.3 is 0 Å². The molecule has 0 heterocycles. The fraction of sp³-hybridized carbons (Fsp3) is 0.800. The van der Waals surface area contributed by atoms with Gasteiger partial charge in [0.15, 0.2) is 0 Å². The zero-order valence-electron chi connectivity index (χ0n) is 6.93. The summed E-state index contributed by atoms with van der Waals surface area (Å²) in [6, 6.07) is 0. The zero-order chi connectivity index (χ0) is 7.30. The third kappa shape index (κ3) is 0.902. The standard InChI is InChI=1S/C10H16/c1-6(2)8-5-10(8)9-4-7(9)3/h6,8-10H,3-5H2,1-2H3. The van der Waals surface area contributed by atoms with E-state index in [1.807, 2.05) is 0 Å². The smallest absolute Gasteiger partial charge is 0.0137 e. The monoisotopic (exact) mass is 136 g/mol. The average Bonchev–Trinajstić information content (AvgIpc) is 2.57. The molecule has 3 unspecified atom stereocenters. The lowest BCUT2D eigenvalue weighted by Gasteiger charge is -2.00. The normalized spacial score (nSPS) is 44.3. The van der Waals surface area contributed by atoms with Crippen LogP contribution in [0.15, 0.2) is 12.2 Å². The molecule has 2 aliphatic carbocycles. The van der Waals surface area contributed by atoms with E-state index in [1.54, 1.807) is 0 Å². The molecule has 2 aliphatic rings. The maximum absolute atomic E-state index is 4.00. The van der Waals surface area contributed by atoms with Crippen LogP contribution in [-0.4, -0.2) is 0 Å². The van der Waals surface area contributed by atoms with Gasteiger partial charge in [-0.1, -0.05) is 26.0 Å². The first-order valence-electron chi connectivity index (χ1n) is 4.38. The minimum absolute atomic E-state index is 0.915. The van der Waals surface area contributed by atoms with Crippen molar-refractivity contribution in [2.45, 2.75) is 26.7 Å². The largest absolute Gasteiger partial charge is 0.0995 e. The van der Waals surface area contributed by atoms with Crippen molar-refractivity contribution in [2.75, 3.05) is 0 Å². The average molecular weight is 136 g/mol. The Morgan fingerprint density at radius 1 is 1.50 bits per heavy atom. The quantitative estimate of drug-likeness (QED) is 0.512. The Bertz CT molecular complexity index is 167. The summed E-state index contributed by atoms with van der Waals surface area (Å²) in [5.41, 5.74) is 1.52. The van der Waals surface area contributed by atoms with E-state index in [9.17, 15) is 0 Å². The van der Waals surface area contributed by atoms with E-state index >= 15 is 0 Å². The Morgan fingerprint density at radius 2 is 2.10 bits per heavy atom. The minimum atomic E-state index is 0.915. The van der Waals surface area contributed by atoms with Crippen LogP contribution in [0.25, 0.3) is 0 Å². The van der Waals surface area contributed by atoms with E-state index in [0.717, 1.165) is 23.7 Å². The van der Waals surface area contributed by atoms with E-state index in [4.69, 9.17) is 0 Å². The van der Waals surface area contributed by atoms with E-state index in [0.29, 0.717) is 0 Å². The molecule has 2 saturated carbocycles. The van der Waals surface area contributed by atoms with Crippen molar-refractivity contribution in [1.82, 2.24) is 0 Å². The van der Waals surface area contributed by atoms with Gasteiger partial charge in [-0.2, -0.15) is 0 Å². The fourth-order valence-corrected chi connectivity index (χ4v) is 2.14. The number of allylic oxidation sites excluding steroid dienone is 1. The second-order valence-electron chi connectivity index (χ2n) is 4.28. The van der Waals surface area contributed by atoms with Gasteiger partial charge >= 0.3 is 0 Å². The molecule has 2 fully saturated rings. The molecule has 2 rings (SSSR count). The summed E-state index contributed by atoms with van der Waals surface area (Å²) >= 11 is 0. The SMILES string of the molecule is C=C1CC1C1CC1C(C)C. The molecule has 0 amide bonds. The van der Waals surface area contributed by atoms with Gasteiger partial charge in [0.1, 0.15) is 0 Å². The number of hydrogen-bond acceptors (Lipinski definition) is 0. The zero-order valence-corrected chi connectivity index (χ0v) is 6.93. The topological polar surface area (TPSA) is 0 Å². The van der Waals surface area contributed by atoms with Crippen molar-refractivity contribution < 1.29 is 0 Å². The van der Waals surface area contributed by atoms with Crippen LogP contribution in [-0.2, 0) is 0 Å². The molecule has 3 atom stereocenters. The Hall–Kier alpha value is -0.260. The molecule has 56 valence electrons. The predicted molar refractivity (Wildman–Crippen MR) is 43.7 cm³/mol. The van der Waals surface area contributed by atoms with Gasteiger partial charge in [-0.05, 0) is 36.5 Å². The molecule has 0 N–H and O–H groups in total. The molecule has 0 heteroatoms. The van der Waals surface area contributed by atoms with Crippen LogP contribution in [0.5, 0.6) is 0 Å². The van der Waals surface area contributed by atoms with Crippen LogP contribution in [0, 0.1) is 23.7 Å². The summed E-state index contributed by atoms with van der Waals surface area (Å²) in [5.74, 6) is 3.96. The van der Waals surface area contributed by atoms with E-state index in [-0.39, 0.29) is 0 Å². The van der Waals surface area contributed by atoms with Gasteiger partial charge in [-0.15, -0.1) is 0 Å². The van der Waals surface area contributed by atoms with Gasteiger partial charge in [0.25, 0.3) is 0 Å². The van der Waals surface area contributed by atoms with Gasteiger partial charge in [-0.3, -0.25) is 0 Å². The molecular formula is C10H16. The number of rotatable bonds is 2. The Balaban J connectivity index is 1.85. The van der Waals surface area contributed by atoms with Gasteiger partial charge in [0.05, 0.1) is 0 Å². The summed E-state index contributed by atoms with van der Waals surface area (Å²) in [4.78, 5) is 0. The minimum Gasteiger partial charge on any atom is -0.0995 e. The lowest BCUT2D eigenvalue weighted by Crippen LogP contribution is -1.93. The maximum atomic E-state index is 4.00. The van der Waals surface area contributed by atoms with Crippen LogP contribution in [0.3, 0.4) is 0 Å². The van der Waals surface area contributed by atoms with Crippen LogP contribution >= 0.6 is 0 Å². The van der Waals surface area contributed by atoms with Crippen LogP contribution in [0.1, 0.15) is 26.7 Å². The molecule has 0 aromatic rings. The fourth-order valence-electron chi connectivity index (χ4n) is 2.14. The summed E-state index contributed by atoms with van der Waals surface area (Å²) in [6.45, 7) is 8.69. The van der Waals surface area contributed by atoms with Crippen molar-refractivity contribution in [3.63, 3.8) is 0 Å². The van der Waals surface area contributed by atoms with Gasteiger partial charge in [0, 0.05) is 0 Å². The molecular weight excluding hydrogens is 120 g/mol. The summed E-state index contributed by atoms with van der Waals surface area (Å²) in [6.07, 6.45) is 2.83. The van der Waals surface area contributed by atoms with Crippen molar-refractivity contribution >= 4 is 0 Å². The van der Waals surface area contributed by atoms with Gasteiger partial charge in [0.2, 0.25) is 0 Å². The molecule has 0 radical (unpaired) electrons. The Kier molecular flexibility index (Phi) is 1.21. The molecule has 10 heavy (non-hydrogen) atoms. The summed E-state index contributed by atoms with van der Waals surface area (Å²) < 4.78 is 0. The second-order valence-corrected chi connectivity index (χ2v) is 4.28. The Labute approximate surface area is 63.3 Å². The molecule has 0 aromatic carbocycles.